The first-order valence-electron chi connectivity index (χ1n) is 5.34. The van der Waals surface area contributed by atoms with Gasteiger partial charge in [-0.25, -0.2) is 0 Å². The van der Waals surface area contributed by atoms with E-state index in [0.29, 0.717) is 0 Å². The molecule has 0 aliphatic carbocycles. The Morgan fingerprint density at radius 1 is 1.33 bits per heavy atom. The van der Waals surface area contributed by atoms with E-state index in [1.54, 1.807) is 0 Å². The molecule has 1 aromatic carbocycles. The summed E-state index contributed by atoms with van der Waals surface area (Å²) in [5.41, 5.74) is 2.78. The summed E-state index contributed by atoms with van der Waals surface area (Å²) in [6.07, 6.45) is 0. The molecule has 0 radical (unpaired) electrons. The van der Waals surface area contributed by atoms with Crippen LogP contribution in [0.3, 0.4) is 0 Å². The fourth-order valence-electron chi connectivity index (χ4n) is 2.21. The lowest BCUT2D eigenvalue weighted by molar-refractivity contribution is 0.301. The van der Waals surface area contributed by atoms with E-state index in [1.807, 2.05) is 0 Å². The number of halogens is 1. The molecule has 0 saturated carbocycles. The Morgan fingerprint density at radius 3 is 2.80 bits per heavy atom. The van der Waals surface area contributed by atoms with Gasteiger partial charge < -0.3 is 10.6 Å². The van der Waals surface area contributed by atoms with Gasteiger partial charge in [-0.15, -0.1) is 0 Å². The maximum absolute atomic E-state index is 3.60. The molecule has 1 atom stereocenters. The SMILES string of the molecule is Cc1ccc(Br)cc1C1(C)CNCCN1. The molecule has 2 N–H and O–H groups in total. The fraction of sp³-hybridized carbons (Fsp3) is 0.500. The monoisotopic (exact) mass is 268 g/mol. The summed E-state index contributed by atoms with van der Waals surface area (Å²) in [6, 6.07) is 6.48. The van der Waals surface area contributed by atoms with Crippen LogP contribution in [0.5, 0.6) is 0 Å². The number of benzene rings is 1. The predicted molar refractivity (Wildman–Crippen MR) is 67.1 cm³/mol. The van der Waals surface area contributed by atoms with Crippen LogP contribution < -0.4 is 10.6 Å². The number of aryl methyl sites for hydroxylation is 1. The molecular weight excluding hydrogens is 252 g/mol. The smallest absolute Gasteiger partial charge is 0.0535 e. The molecule has 0 spiro atoms. The third-order valence-electron chi connectivity index (χ3n) is 3.09. The van der Waals surface area contributed by atoms with E-state index >= 15 is 0 Å². The Balaban J connectivity index is 2.38. The van der Waals surface area contributed by atoms with Gasteiger partial charge in [-0.05, 0) is 37.1 Å². The van der Waals surface area contributed by atoms with Crippen molar-refractivity contribution in [1.82, 2.24) is 10.6 Å². The van der Waals surface area contributed by atoms with Gasteiger partial charge in [0.15, 0.2) is 0 Å². The lowest BCUT2D eigenvalue weighted by Gasteiger charge is -2.37. The highest BCUT2D eigenvalue weighted by Crippen LogP contribution is 2.27. The van der Waals surface area contributed by atoms with Gasteiger partial charge in [0.25, 0.3) is 0 Å². The van der Waals surface area contributed by atoms with Crippen LogP contribution in [-0.2, 0) is 5.54 Å². The first-order chi connectivity index (χ1) is 7.12. The highest BCUT2D eigenvalue weighted by Gasteiger charge is 2.29. The van der Waals surface area contributed by atoms with Crippen LogP contribution in [0.4, 0.5) is 0 Å². The lowest BCUT2D eigenvalue weighted by Crippen LogP contribution is -2.55. The van der Waals surface area contributed by atoms with Crippen molar-refractivity contribution in [2.75, 3.05) is 19.6 Å². The Hall–Kier alpha value is -0.380. The zero-order valence-electron chi connectivity index (χ0n) is 9.23. The summed E-state index contributed by atoms with van der Waals surface area (Å²) in [5.74, 6) is 0. The van der Waals surface area contributed by atoms with E-state index in [-0.39, 0.29) is 5.54 Å². The minimum atomic E-state index is 0.0616. The fourth-order valence-corrected chi connectivity index (χ4v) is 2.57. The topological polar surface area (TPSA) is 24.1 Å². The van der Waals surface area contributed by atoms with Gasteiger partial charge in [0.05, 0.1) is 5.54 Å². The molecule has 1 heterocycles. The predicted octanol–water partition coefficient (Wildman–Crippen LogP) is 2.17. The second-order valence-corrected chi connectivity index (χ2v) is 5.31. The second kappa shape index (κ2) is 4.24. The average Bonchev–Trinajstić information content (AvgIpc) is 2.23. The quantitative estimate of drug-likeness (QED) is 0.816. The Bertz CT molecular complexity index is 357. The van der Waals surface area contributed by atoms with Crippen molar-refractivity contribution in [1.29, 1.82) is 0 Å². The maximum Gasteiger partial charge on any atom is 0.0535 e. The Kier molecular flexibility index (Phi) is 3.14. The highest BCUT2D eigenvalue weighted by atomic mass is 79.9. The molecule has 1 aromatic rings. The number of nitrogens with one attached hydrogen (secondary N) is 2. The Labute approximate surface area is 99.6 Å². The van der Waals surface area contributed by atoms with Crippen LogP contribution in [0, 0.1) is 6.92 Å². The molecule has 1 fully saturated rings. The minimum absolute atomic E-state index is 0.0616. The molecule has 0 bridgehead atoms. The molecule has 1 unspecified atom stereocenters. The van der Waals surface area contributed by atoms with Gasteiger partial charge in [0.2, 0.25) is 0 Å². The van der Waals surface area contributed by atoms with E-state index in [1.165, 1.54) is 11.1 Å². The van der Waals surface area contributed by atoms with Crippen LogP contribution in [-0.4, -0.2) is 19.6 Å². The summed E-state index contributed by atoms with van der Waals surface area (Å²) < 4.78 is 1.15. The highest BCUT2D eigenvalue weighted by molar-refractivity contribution is 9.10. The van der Waals surface area contributed by atoms with Crippen LogP contribution >= 0.6 is 15.9 Å². The normalized spacial score (nSPS) is 26.6. The molecule has 2 rings (SSSR count). The van der Waals surface area contributed by atoms with E-state index < -0.39 is 0 Å². The van der Waals surface area contributed by atoms with Crippen LogP contribution in [0.1, 0.15) is 18.1 Å². The van der Waals surface area contributed by atoms with Crippen molar-refractivity contribution < 1.29 is 0 Å². The molecule has 0 aromatic heterocycles. The van der Waals surface area contributed by atoms with Crippen molar-refractivity contribution in [2.45, 2.75) is 19.4 Å². The van der Waals surface area contributed by atoms with Crippen molar-refractivity contribution in [3.8, 4) is 0 Å². The summed E-state index contributed by atoms with van der Waals surface area (Å²) in [7, 11) is 0. The van der Waals surface area contributed by atoms with E-state index in [4.69, 9.17) is 0 Å². The average molecular weight is 269 g/mol. The maximum atomic E-state index is 3.60. The van der Waals surface area contributed by atoms with Gasteiger partial charge in [0, 0.05) is 24.1 Å². The molecule has 15 heavy (non-hydrogen) atoms. The molecule has 2 nitrogen and oxygen atoms in total. The van der Waals surface area contributed by atoms with Crippen molar-refractivity contribution >= 4 is 15.9 Å². The number of hydrogen-bond acceptors (Lipinski definition) is 2. The summed E-state index contributed by atoms with van der Waals surface area (Å²) >= 11 is 3.54. The molecule has 1 aliphatic rings. The van der Waals surface area contributed by atoms with Crippen LogP contribution in [0.25, 0.3) is 0 Å². The first kappa shape index (κ1) is 11.1. The van der Waals surface area contributed by atoms with Crippen molar-refractivity contribution in [3.05, 3.63) is 33.8 Å². The number of hydrogen-bond donors (Lipinski definition) is 2. The molecule has 0 amide bonds. The summed E-state index contributed by atoms with van der Waals surface area (Å²) in [4.78, 5) is 0. The number of piperazine rings is 1. The minimum Gasteiger partial charge on any atom is -0.313 e. The van der Waals surface area contributed by atoms with E-state index in [0.717, 1.165) is 24.1 Å². The zero-order chi connectivity index (χ0) is 10.9. The van der Waals surface area contributed by atoms with Gasteiger partial charge in [-0.1, -0.05) is 22.0 Å². The van der Waals surface area contributed by atoms with Crippen LogP contribution in [0.15, 0.2) is 22.7 Å². The van der Waals surface area contributed by atoms with E-state index in [2.05, 4.69) is 58.6 Å². The van der Waals surface area contributed by atoms with Gasteiger partial charge in [-0.3, -0.25) is 0 Å². The zero-order valence-corrected chi connectivity index (χ0v) is 10.8. The first-order valence-corrected chi connectivity index (χ1v) is 6.13. The third kappa shape index (κ3) is 2.25. The van der Waals surface area contributed by atoms with Gasteiger partial charge in [-0.2, -0.15) is 0 Å². The molecule has 1 aliphatic heterocycles. The molecular formula is C12H17BrN2. The van der Waals surface area contributed by atoms with E-state index in [9.17, 15) is 0 Å². The molecule has 82 valence electrons. The second-order valence-electron chi connectivity index (χ2n) is 4.39. The third-order valence-corrected chi connectivity index (χ3v) is 3.58. The summed E-state index contributed by atoms with van der Waals surface area (Å²) in [5, 5.41) is 7.04. The van der Waals surface area contributed by atoms with Gasteiger partial charge in [0.1, 0.15) is 0 Å². The standard InChI is InChI=1S/C12H17BrN2/c1-9-3-4-10(13)7-11(9)12(2)8-14-5-6-15-12/h3-4,7,14-15H,5-6,8H2,1-2H3. The number of rotatable bonds is 1. The Morgan fingerprint density at radius 2 is 2.13 bits per heavy atom. The van der Waals surface area contributed by atoms with Crippen molar-refractivity contribution in [2.24, 2.45) is 0 Å². The largest absolute Gasteiger partial charge is 0.313 e. The van der Waals surface area contributed by atoms with Gasteiger partial charge >= 0.3 is 0 Å². The summed E-state index contributed by atoms with van der Waals surface area (Å²) in [6.45, 7) is 7.51. The van der Waals surface area contributed by atoms with Crippen molar-refractivity contribution in [3.63, 3.8) is 0 Å². The lowest BCUT2D eigenvalue weighted by atomic mass is 9.87. The van der Waals surface area contributed by atoms with Crippen LogP contribution in [0.2, 0.25) is 0 Å². The molecule has 1 saturated heterocycles. The molecule has 3 heteroatoms.